The van der Waals surface area contributed by atoms with Gasteiger partial charge in [-0.3, -0.25) is 14.4 Å². The minimum absolute atomic E-state index is 0.101. The van der Waals surface area contributed by atoms with Crippen molar-refractivity contribution in [2.45, 2.75) is 322 Å². The highest BCUT2D eigenvalue weighted by Crippen LogP contribution is 2.16. The molecule has 1 atom stereocenters. The maximum absolute atomic E-state index is 12.9. The number of hydrogen-bond acceptors (Lipinski definition) is 6. The Morgan fingerprint density at radius 3 is 0.771 bits per heavy atom. The lowest BCUT2D eigenvalue weighted by molar-refractivity contribution is -0.167. The van der Waals surface area contributed by atoms with Gasteiger partial charge in [-0.25, -0.2) is 0 Å². The maximum Gasteiger partial charge on any atom is 0.306 e. The Morgan fingerprint density at radius 2 is 0.470 bits per heavy atom. The van der Waals surface area contributed by atoms with Gasteiger partial charge in [-0.05, 0) is 135 Å². The molecule has 0 bridgehead atoms. The monoisotopic (exact) mass is 1150 g/mol. The van der Waals surface area contributed by atoms with Gasteiger partial charge in [0.25, 0.3) is 0 Å². The number of rotatable bonds is 62. The van der Waals surface area contributed by atoms with E-state index in [0.717, 1.165) is 122 Å². The van der Waals surface area contributed by atoms with E-state index < -0.39 is 6.10 Å². The molecule has 6 nitrogen and oxygen atoms in total. The summed E-state index contributed by atoms with van der Waals surface area (Å²) in [5, 5.41) is 0. The summed E-state index contributed by atoms with van der Waals surface area (Å²) in [4.78, 5) is 38.5. The van der Waals surface area contributed by atoms with Gasteiger partial charge in [-0.2, -0.15) is 0 Å². The van der Waals surface area contributed by atoms with Gasteiger partial charge in [0.05, 0.1) is 0 Å². The molecular weight excluding hydrogens is 1020 g/mol. The molecule has 1 unspecified atom stereocenters. The predicted molar refractivity (Wildman–Crippen MR) is 362 cm³/mol. The summed E-state index contributed by atoms with van der Waals surface area (Å²) in [5.74, 6) is -0.947. The van der Waals surface area contributed by atoms with E-state index in [1.807, 2.05) is 0 Å². The second kappa shape index (κ2) is 70.0. The molecule has 0 fully saturated rings. The highest BCUT2D eigenvalue weighted by molar-refractivity contribution is 5.71. The van der Waals surface area contributed by atoms with Gasteiger partial charge in [0.1, 0.15) is 13.2 Å². The van der Waals surface area contributed by atoms with Crippen LogP contribution in [0.4, 0.5) is 0 Å². The minimum Gasteiger partial charge on any atom is -0.462 e. The maximum atomic E-state index is 12.9. The van der Waals surface area contributed by atoms with Crippen molar-refractivity contribution in [2.75, 3.05) is 13.2 Å². The number of ether oxygens (including phenoxy) is 3. The van der Waals surface area contributed by atoms with Crippen LogP contribution >= 0.6 is 0 Å². The summed E-state index contributed by atoms with van der Waals surface area (Å²) >= 11 is 0. The molecule has 472 valence electrons. The van der Waals surface area contributed by atoms with Crippen molar-refractivity contribution < 1.29 is 28.6 Å². The minimum atomic E-state index is -0.812. The van der Waals surface area contributed by atoms with Crippen molar-refractivity contribution in [3.8, 4) is 0 Å². The van der Waals surface area contributed by atoms with E-state index in [0.29, 0.717) is 19.3 Å². The van der Waals surface area contributed by atoms with Crippen molar-refractivity contribution in [2.24, 2.45) is 0 Å². The molecule has 0 heterocycles. The lowest BCUT2D eigenvalue weighted by Crippen LogP contribution is -2.30. The first-order valence-electron chi connectivity index (χ1n) is 34.7. The molecule has 0 aromatic carbocycles. The summed E-state index contributed by atoms with van der Waals surface area (Å²) in [5.41, 5.74) is 0. The van der Waals surface area contributed by atoms with Crippen LogP contribution in [0.25, 0.3) is 0 Å². The molecule has 83 heavy (non-hydrogen) atoms. The molecule has 0 radical (unpaired) electrons. The fraction of sp³-hybridized carbons (Fsp3) is 0.675. The smallest absolute Gasteiger partial charge is 0.306 e. The number of esters is 3. The van der Waals surface area contributed by atoms with E-state index >= 15 is 0 Å². The molecule has 0 aromatic heterocycles. The van der Waals surface area contributed by atoms with Crippen LogP contribution in [0.1, 0.15) is 316 Å². The van der Waals surface area contributed by atoms with E-state index in [1.54, 1.807) is 0 Å². The van der Waals surface area contributed by atoms with Crippen molar-refractivity contribution >= 4 is 17.9 Å². The molecule has 0 aliphatic rings. The van der Waals surface area contributed by atoms with Crippen LogP contribution in [0.5, 0.6) is 0 Å². The van der Waals surface area contributed by atoms with Gasteiger partial charge >= 0.3 is 17.9 Å². The number of allylic oxidation sites excluding steroid dienone is 22. The summed E-state index contributed by atoms with van der Waals surface area (Å²) in [6.45, 7) is 6.40. The molecule has 0 rings (SSSR count). The summed E-state index contributed by atoms with van der Waals surface area (Å²) in [6.07, 6.45) is 99.0. The number of hydrogen-bond donors (Lipinski definition) is 0. The van der Waals surface area contributed by atoms with Gasteiger partial charge in [0.2, 0.25) is 0 Å². The molecule has 0 saturated heterocycles. The van der Waals surface area contributed by atoms with Crippen molar-refractivity contribution in [1.29, 1.82) is 0 Å². The molecular formula is C77H128O6. The molecule has 0 aliphatic heterocycles. The SMILES string of the molecule is CC/C=C\C/C=C\C/C=C\C/C=C\C/C=C\C/C=C\CCCCC(=O)OC(COC(=O)CCCCCCCCCC/C=C\C/C=C\C/C=C\C/C=C\CC)COC(=O)CCCCCCCCCCCCC/C=C\CCCCCCCCCC. The van der Waals surface area contributed by atoms with Crippen molar-refractivity contribution in [1.82, 2.24) is 0 Å². The second-order valence-electron chi connectivity index (χ2n) is 22.7. The van der Waals surface area contributed by atoms with Gasteiger partial charge < -0.3 is 14.2 Å². The summed E-state index contributed by atoms with van der Waals surface area (Å²) < 4.78 is 16.9. The van der Waals surface area contributed by atoms with Gasteiger partial charge in [-0.1, -0.05) is 296 Å². The molecule has 0 spiro atoms. The molecule has 0 amide bonds. The summed E-state index contributed by atoms with van der Waals surface area (Å²) in [7, 11) is 0. The molecule has 0 N–H and O–H groups in total. The van der Waals surface area contributed by atoms with Crippen LogP contribution in [0.2, 0.25) is 0 Å². The highest BCUT2D eigenvalue weighted by atomic mass is 16.6. The fourth-order valence-corrected chi connectivity index (χ4v) is 9.49. The first kappa shape index (κ1) is 78.5. The third kappa shape index (κ3) is 68.2. The highest BCUT2D eigenvalue weighted by Gasteiger charge is 2.19. The van der Waals surface area contributed by atoms with Crippen molar-refractivity contribution in [3.05, 3.63) is 134 Å². The van der Waals surface area contributed by atoms with Crippen LogP contribution in [0.15, 0.2) is 134 Å². The quantitative estimate of drug-likeness (QED) is 0.0261. The van der Waals surface area contributed by atoms with E-state index in [9.17, 15) is 14.4 Å². The van der Waals surface area contributed by atoms with E-state index in [4.69, 9.17) is 14.2 Å². The molecule has 0 aromatic rings. The van der Waals surface area contributed by atoms with Crippen LogP contribution in [0.3, 0.4) is 0 Å². The Bertz CT molecular complexity index is 1750. The summed E-state index contributed by atoms with van der Waals surface area (Å²) in [6, 6.07) is 0. The second-order valence-corrected chi connectivity index (χ2v) is 22.7. The van der Waals surface area contributed by atoms with E-state index in [1.165, 1.54) is 148 Å². The Labute approximate surface area is 513 Å². The van der Waals surface area contributed by atoms with Gasteiger partial charge in [-0.15, -0.1) is 0 Å². The number of carbonyl (C=O) groups is 3. The zero-order valence-electron chi connectivity index (χ0n) is 54.2. The molecule has 0 saturated carbocycles. The Kier molecular flexibility index (Phi) is 66.3. The van der Waals surface area contributed by atoms with Crippen LogP contribution in [-0.2, 0) is 28.6 Å². The fourth-order valence-electron chi connectivity index (χ4n) is 9.49. The molecule has 6 heteroatoms. The van der Waals surface area contributed by atoms with E-state index in [2.05, 4.69) is 154 Å². The largest absolute Gasteiger partial charge is 0.462 e. The molecule has 0 aliphatic carbocycles. The topological polar surface area (TPSA) is 78.9 Å². The number of carbonyl (C=O) groups excluding carboxylic acids is 3. The van der Waals surface area contributed by atoms with Crippen molar-refractivity contribution in [3.63, 3.8) is 0 Å². The normalized spacial score (nSPS) is 13.0. The van der Waals surface area contributed by atoms with Crippen LogP contribution < -0.4 is 0 Å². The van der Waals surface area contributed by atoms with Gasteiger partial charge in [0, 0.05) is 19.3 Å². The van der Waals surface area contributed by atoms with Gasteiger partial charge in [0.15, 0.2) is 6.10 Å². The van der Waals surface area contributed by atoms with Crippen LogP contribution in [-0.4, -0.2) is 37.2 Å². The average Bonchev–Trinajstić information content (AvgIpc) is 3.49. The zero-order valence-corrected chi connectivity index (χ0v) is 54.2. The predicted octanol–water partition coefficient (Wildman–Crippen LogP) is 24.1. The lowest BCUT2D eigenvalue weighted by Gasteiger charge is -2.18. The van der Waals surface area contributed by atoms with Crippen LogP contribution in [0, 0.1) is 0 Å². The lowest BCUT2D eigenvalue weighted by atomic mass is 10.0. The Morgan fingerprint density at radius 1 is 0.253 bits per heavy atom. The third-order valence-electron chi connectivity index (χ3n) is 14.6. The van der Waals surface area contributed by atoms with E-state index in [-0.39, 0.29) is 37.5 Å². The third-order valence-corrected chi connectivity index (χ3v) is 14.6. The zero-order chi connectivity index (χ0) is 59.9. The first-order chi connectivity index (χ1) is 41.0. The average molecular weight is 1150 g/mol. The first-order valence-corrected chi connectivity index (χ1v) is 34.7. The number of unbranched alkanes of at least 4 members (excludes halogenated alkanes) is 29. The Balaban J connectivity index is 4.47. The standard InChI is InChI=1S/C77H128O6/c1-4-7-10-13-16-19-22-25-28-31-34-37-38-41-43-46-49-52-55-58-61-64-67-70-76(79)82-73-74(83-77(80)71-68-65-62-59-56-53-50-47-44-40-36-33-30-27-24-21-18-15-12-9-6-3)72-81-75(78)69-66-63-60-57-54-51-48-45-42-39-35-32-29-26-23-20-17-14-11-8-5-2/h8-9,11-12,17-18,20-21,26-27,29-31,34-36,39-40,47,50,56,59,74H,4-7,10,13-16,19,22-25,28,32-33,37-38,41-46,48-49,51-55,57-58,60-73H2,1-3H3/b11-8-,12-9-,20-17-,21-18-,29-26-,30-27-,34-31-,39-35-,40-36-,50-47-,59-56-. The Hall–Kier alpha value is -4.45.